The summed E-state index contributed by atoms with van der Waals surface area (Å²) >= 11 is 0. The Kier molecular flexibility index (Phi) is 7.54. The Bertz CT molecular complexity index is 1070. The highest BCUT2D eigenvalue weighted by atomic mass is 16.5. The molecule has 176 valence electrons. The Morgan fingerprint density at radius 1 is 1.18 bits per heavy atom. The molecule has 3 aromatic rings. The van der Waals surface area contributed by atoms with Crippen LogP contribution in [0.25, 0.3) is 16.8 Å². The van der Waals surface area contributed by atoms with E-state index in [1.54, 1.807) is 0 Å². The lowest BCUT2D eigenvalue weighted by Gasteiger charge is -2.27. The van der Waals surface area contributed by atoms with Crippen LogP contribution in [0, 0.1) is 0 Å². The Balaban J connectivity index is 1.66. The van der Waals surface area contributed by atoms with Crippen LogP contribution in [0.1, 0.15) is 69.7 Å². The number of carbonyl (C=O) groups excluding carboxylic acids is 1. The molecule has 2 N–H and O–H groups in total. The minimum absolute atomic E-state index is 0.00469. The topological polar surface area (TPSA) is 93.4 Å². The van der Waals surface area contributed by atoms with Gasteiger partial charge < -0.3 is 15.4 Å². The minimum atomic E-state index is -0.204. The first-order valence-corrected chi connectivity index (χ1v) is 12.0. The van der Waals surface area contributed by atoms with Crippen LogP contribution in [0.4, 0.5) is 5.95 Å². The van der Waals surface area contributed by atoms with Crippen molar-refractivity contribution < 1.29 is 9.53 Å². The molecule has 0 unspecified atom stereocenters. The number of esters is 1. The van der Waals surface area contributed by atoms with Crippen molar-refractivity contribution in [1.29, 1.82) is 0 Å². The number of nitrogens with zero attached hydrogens (tertiary/aromatic N) is 4. The third-order valence-electron chi connectivity index (χ3n) is 6.21. The summed E-state index contributed by atoms with van der Waals surface area (Å²) in [6.45, 7) is 5.32. The number of benzene rings is 1. The molecule has 2 aromatic heterocycles. The molecule has 0 amide bonds. The second kappa shape index (κ2) is 10.7. The second-order valence-electron chi connectivity index (χ2n) is 8.79. The fourth-order valence-electron chi connectivity index (χ4n) is 4.50. The van der Waals surface area contributed by atoms with Crippen molar-refractivity contribution in [3.05, 3.63) is 41.9 Å². The van der Waals surface area contributed by atoms with Crippen LogP contribution in [-0.4, -0.2) is 45.2 Å². The van der Waals surface area contributed by atoms with Crippen molar-refractivity contribution in [2.75, 3.05) is 18.9 Å². The van der Waals surface area contributed by atoms with Gasteiger partial charge in [-0.25, -0.2) is 14.5 Å². The van der Waals surface area contributed by atoms with Crippen LogP contribution >= 0.6 is 0 Å². The van der Waals surface area contributed by atoms with E-state index < -0.39 is 0 Å². The van der Waals surface area contributed by atoms with Crippen molar-refractivity contribution in [1.82, 2.24) is 24.9 Å². The van der Waals surface area contributed by atoms with Gasteiger partial charge in [-0.15, -0.1) is 5.10 Å². The normalized spacial score (nSPS) is 18.4. The molecular formula is C25H34N6O2. The fourth-order valence-corrected chi connectivity index (χ4v) is 4.50. The number of unbranched alkanes of at least 4 members (excludes halogenated alkanes) is 1. The largest absolute Gasteiger partial charge is 0.463 e. The highest BCUT2D eigenvalue weighted by Gasteiger charge is 2.29. The Labute approximate surface area is 195 Å². The zero-order chi connectivity index (χ0) is 23.2. The van der Waals surface area contributed by atoms with Crippen LogP contribution in [-0.2, 0) is 16.1 Å². The lowest BCUT2D eigenvalue weighted by molar-refractivity contribution is -0.147. The third kappa shape index (κ3) is 5.50. The van der Waals surface area contributed by atoms with E-state index in [1.165, 1.54) is 12.5 Å². The number of fused-ring (bicyclic) bond motifs is 1. The summed E-state index contributed by atoms with van der Waals surface area (Å²) in [6, 6.07) is 8.48. The monoisotopic (exact) mass is 450 g/mol. The molecule has 4 rings (SSSR count). The highest BCUT2D eigenvalue weighted by Crippen LogP contribution is 2.36. The molecule has 0 aliphatic heterocycles. The van der Waals surface area contributed by atoms with Crippen molar-refractivity contribution in [3.63, 3.8) is 0 Å². The van der Waals surface area contributed by atoms with Crippen LogP contribution < -0.4 is 10.6 Å². The molecule has 8 nitrogen and oxygen atoms in total. The summed E-state index contributed by atoms with van der Waals surface area (Å²) in [4.78, 5) is 21.0. The van der Waals surface area contributed by atoms with Crippen LogP contribution in [0.5, 0.6) is 0 Å². The van der Waals surface area contributed by atoms with Crippen molar-refractivity contribution in [2.24, 2.45) is 0 Å². The first-order valence-electron chi connectivity index (χ1n) is 12.0. The van der Waals surface area contributed by atoms with Gasteiger partial charge >= 0.3 is 5.97 Å². The molecule has 33 heavy (non-hydrogen) atoms. The third-order valence-corrected chi connectivity index (χ3v) is 6.21. The lowest BCUT2D eigenvalue weighted by atomic mass is 9.87. The van der Waals surface area contributed by atoms with E-state index in [1.807, 2.05) is 17.8 Å². The van der Waals surface area contributed by atoms with Gasteiger partial charge in [0.15, 0.2) is 0 Å². The summed E-state index contributed by atoms with van der Waals surface area (Å²) in [5.41, 5.74) is 4.10. The Morgan fingerprint density at radius 2 is 1.94 bits per heavy atom. The van der Waals surface area contributed by atoms with E-state index in [0.717, 1.165) is 74.2 Å². The van der Waals surface area contributed by atoms with Crippen molar-refractivity contribution >= 4 is 17.4 Å². The minimum Gasteiger partial charge on any atom is -0.463 e. The van der Waals surface area contributed by atoms with Crippen molar-refractivity contribution in [3.8, 4) is 11.3 Å². The molecule has 0 radical (unpaired) electrons. The molecule has 0 saturated heterocycles. The summed E-state index contributed by atoms with van der Waals surface area (Å²) in [6.07, 6.45) is 7.59. The van der Waals surface area contributed by atoms with E-state index in [4.69, 9.17) is 14.8 Å². The van der Waals surface area contributed by atoms with E-state index in [9.17, 15) is 4.79 Å². The number of imidazole rings is 1. The first-order chi connectivity index (χ1) is 16.1. The predicted octanol–water partition coefficient (Wildman–Crippen LogP) is 4.31. The maximum Gasteiger partial charge on any atom is 0.302 e. The van der Waals surface area contributed by atoms with Gasteiger partial charge in [-0.1, -0.05) is 37.6 Å². The summed E-state index contributed by atoms with van der Waals surface area (Å²) in [7, 11) is 1.95. The summed E-state index contributed by atoms with van der Waals surface area (Å²) in [5, 5.41) is 11.3. The zero-order valence-corrected chi connectivity index (χ0v) is 19.8. The van der Waals surface area contributed by atoms with Gasteiger partial charge in [0.2, 0.25) is 5.95 Å². The van der Waals surface area contributed by atoms with Crippen LogP contribution in [0.15, 0.2) is 30.5 Å². The molecule has 1 aliphatic rings. The van der Waals surface area contributed by atoms with Gasteiger partial charge in [-0.3, -0.25) is 4.79 Å². The van der Waals surface area contributed by atoms with Crippen LogP contribution in [0.2, 0.25) is 0 Å². The zero-order valence-electron chi connectivity index (χ0n) is 19.8. The number of nitrogens with one attached hydrogen (secondary N) is 2. The van der Waals surface area contributed by atoms with Gasteiger partial charge in [-0.2, -0.15) is 0 Å². The van der Waals surface area contributed by atoms with Gasteiger partial charge in [0.1, 0.15) is 17.4 Å². The van der Waals surface area contributed by atoms with Crippen LogP contribution in [0.3, 0.4) is 0 Å². The lowest BCUT2D eigenvalue weighted by Crippen LogP contribution is -2.23. The average Bonchev–Trinajstić information content (AvgIpc) is 3.19. The number of hydrogen-bond donors (Lipinski definition) is 2. The maximum absolute atomic E-state index is 11.3. The van der Waals surface area contributed by atoms with E-state index in [0.29, 0.717) is 5.95 Å². The number of hydrogen-bond acceptors (Lipinski definition) is 7. The van der Waals surface area contributed by atoms with Gasteiger partial charge in [0.25, 0.3) is 0 Å². The average molecular weight is 451 g/mol. The Hall–Kier alpha value is -3.00. The van der Waals surface area contributed by atoms with Gasteiger partial charge in [0, 0.05) is 31.5 Å². The van der Waals surface area contributed by atoms with Gasteiger partial charge in [-0.05, 0) is 44.7 Å². The molecule has 2 heterocycles. The standard InChI is InChI=1S/C25H34N6O2/c1-4-5-14-27-25-28-16-22-23(19-8-6-18(7-9-19)15-26-3)29-24(31(22)30-25)20-10-12-21(13-11-20)33-17(2)32/h6-9,16,20-21,26H,4-5,10-15H2,1-3H3,(H,27,30). The number of anilines is 1. The molecule has 0 spiro atoms. The number of rotatable bonds is 9. The Morgan fingerprint density at radius 3 is 2.61 bits per heavy atom. The predicted molar refractivity (Wildman–Crippen MR) is 129 cm³/mol. The molecular weight excluding hydrogens is 416 g/mol. The van der Waals surface area contributed by atoms with Gasteiger partial charge in [0.05, 0.1) is 11.9 Å². The molecule has 1 fully saturated rings. The smallest absolute Gasteiger partial charge is 0.302 e. The fraction of sp³-hybridized carbons (Fsp3) is 0.520. The molecule has 0 bridgehead atoms. The summed E-state index contributed by atoms with van der Waals surface area (Å²) < 4.78 is 7.40. The van der Waals surface area contributed by atoms with E-state index >= 15 is 0 Å². The number of carbonyl (C=O) groups is 1. The second-order valence-corrected chi connectivity index (χ2v) is 8.79. The summed E-state index contributed by atoms with van der Waals surface area (Å²) in [5.74, 6) is 1.64. The molecule has 1 aromatic carbocycles. The molecule has 1 saturated carbocycles. The first kappa shape index (κ1) is 23.2. The molecule has 8 heteroatoms. The number of ether oxygens (including phenoxy) is 1. The SMILES string of the molecule is CCCCNc1ncc2c(-c3ccc(CNC)cc3)nc(C3CCC(OC(C)=O)CC3)n2n1. The molecule has 0 atom stereocenters. The van der Waals surface area contributed by atoms with E-state index in [-0.39, 0.29) is 18.0 Å². The van der Waals surface area contributed by atoms with Crippen molar-refractivity contribution in [2.45, 2.75) is 70.9 Å². The quantitative estimate of drug-likeness (QED) is 0.371. The van der Waals surface area contributed by atoms with E-state index in [2.05, 4.69) is 46.8 Å². The highest BCUT2D eigenvalue weighted by molar-refractivity contribution is 5.77. The maximum atomic E-state index is 11.3. The number of aromatic nitrogens is 4. The molecule has 1 aliphatic carbocycles.